The molecule has 262 valence electrons. The van der Waals surface area contributed by atoms with Crippen molar-refractivity contribution in [3.8, 4) is 5.88 Å². The average Bonchev–Trinajstić information content (AvgIpc) is 3.72. The largest absolute Gasteiger partial charge is 0.494 e. The van der Waals surface area contributed by atoms with E-state index in [-0.39, 0.29) is 52.8 Å². The number of nitrogens with one attached hydrogen (secondary N) is 2. The fourth-order valence-electron chi connectivity index (χ4n) is 5.89. The van der Waals surface area contributed by atoms with Crippen LogP contribution in [0.25, 0.3) is 10.9 Å². The number of halogens is 3. The number of rotatable bonds is 13. The van der Waals surface area contributed by atoms with Crippen molar-refractivity contribution in [2.45, 2.75) is 62.3 Å². The van der Waals surface area contributed by atoms with Crippen molar-refractivity contribution in [3.63, 3.8) is 0 Å². The Bertz CT molecular complexity index is 1700. The molecule has 2 aliphatic rings. The van der Waals surface area contributed by atoms with Gasteiger partial charge in [0.25, 0.3) is 0 Å². The molecule has 2 aliphatic heterocycles. The first-order valence-corrected chi connectivity index (χ1v) is 17.0. The Morgan fingerprint density at radius 2 is 1.94 bits per heavy atom. The fourth-order valence-corrected chi connectivity index (χ4v) is 7.54. The molecule has 0 radical (unpaired) electrons. The van der Waals surface area contributed by atoms with Gasteiger partial charge in [-0.3, -0.25) is 4.99 Å². The summed E-state index contributed by atoms with van der Waals surface area (Å²) in [6.07, 6.45) is -6.02. The molecule has 5 atom stereocenters. The fraction of sp³-hybridized carbons (Fsp3) is 0.500. The van der Waals surface area contributed by atoms with Crippen molar-refractivity contribution in [3.05, 3.63) is 59.7 Å². The Hall–Kier alpha value is -3.70. The summed E-state index contributed by atoms with van der Waals surface area (Å²) in [7, 11) is -4.32. The second-order valence-corrected chi connectivity index (χ2v) is 14.3. The molecule has 16 heteroatoms. The molecule has 48 heavy (non-hydrogen) atoms. The topological polar surface area (TPSA) is 163 Å². The Morgan fingerprint density at radius 1 is 1.19 bits per heavy atom. The Balaban J connectivity index is 1.38. The van der Waals surface area contributed by atoms with Crippen molar-refractivity contribution >= 4 is 33.2 Å². The predicted molar refractivity (Wildman–Crippen MR) is 169 cm³/mol. The maximum atomic E-state index is 14.1. The van der Waals surface area contributed by atoms with Gasteiger partial charge in [-0.05, 0) is 42.5 Å². The van der Waals surface area contributed by atoms with Gasteiger partial charge in [0.1, 0.15) is 12.6 Å². The number of hydrogen-bond acceptors (Lipinski definition) is 9. The van der Waals surface area contributed by atoms with Gasteiger partial charge in [-0.1, -0.05) is 44.2 Å². The number of carbonyl (C=O) groups is 1. The summed E-state index contributed by atoms with van der Waals surface area (Å²) in [5.41, 5.74) is 0.964. The number of H-pyrrole nitrogens is 1. The molecule has 0 aliphatic carbocycles. The number of aromatic hydroxyl groups is 1. The lowest BCUT2D eigenvalue weighted by molar-refractivity contribution is -0.118. The van der Waals surface area contributed by atoms with E-state index in [0.29, 0.717) is 13.0 Å². The van der Waals surface area contributed by atoms with Crippen molar-refractivity contribution in [2.75, 3.05) is 32.8 Å². The number of sulfonamides is 1. The van der Waals surface area contributed by atoms with Crippen molar-refractivity contribution in [1.29, 1.82) is 0 Å². The molecule has 4 N–H and O–H groups in total. The van der Waals surface area contributed by atoms with E-state index in [0.717, 1.165) is 16.1 Å². The number of aliphatic hydroxyl groups is 1. The van der Waals surface area contributed by atoms with Crippen LogP contribution in [0.2, 0.25) is 0 Å². The minimum atomic E-state index is -4.56. The summed E-state index contributed by atoms with van der Waals surface area (Å²) in [5, 5.41) is 24.7. The smallest absolute Gasteiger partial charge is 0.407 e. The lowest BCUT2D eigenvalue weighted by Crippen LogP contribution is -2.51. The molecule has 2 unspecified atom stereocenters. The highest BCUT2D eigenvalue weighted by Crippen LogP contribution is 2.33. The number of carbonyl (C=O) groups excluding carboxylic acids is 1. The first kappa shape index (κ1) is 35.6. The van der Waals surface area contributed by atoms with Crippen LogP contribution in [-0.2, 0) is 30.7 Å². The number of aromatic nitrogens is 1. The van der Waals surface area contributed by atoms with Gasteiger partial charge in [0.05, 0.1) is 41.7 Å². The third kappa shape index (κ3) is 8.66. The maximum absolute atomic E-state index is 14.1. The number of aliphatic hydroxyl groups excluding tert-OH is 1. The van der Waals surface area contributed by atoms with Crippen LogP contribution in [0.5, 0.6) is 5.88 Å². The first-order valence-electron chi connectivity index (χ1n) is 15.5. The van der Waals surface area contributed by atoms with E-state index in [1.165, 1.54) is 18.2 Å². The normalized spacial score (nSPS) is 21.3. The molecule has 0 bridgehead atoms. The van der Waals surface area contributed by atoms with Crippen molar-refractivity contribution in [2.24, 2.45) is 16.8 Å². The third-order valence-corrected chi connectivity index (χ3v) is 10.0. The summed E-state index contributed by atoms with van der Waals surface area (Å²) in [6.45, 7) is 2.40. The highest BCUT2D eigenvalue weighted by Gasteiger charge is 2.44. The lowest BCUT2D eigenvalue weighted by atomic mass is 10.0. The molecule has 0 spiro atoms. The second-order valence-electron chi connectivity index (χ2n) is 12.4. The number of aromatic amines is 1. The van der Waals surface area contributed by atoms with Crippen LogP contribution in [0.15, 0.2) is 58.4 Å². The van der Waals surface area contributed by atoms with Crippen LogP contribution in [0, 0.1) is 11.8 Å². The van der Waals surface area contributed by atoms with Gasteiger partial charge in [0, 0.05) is 30.2 Å². The van der Waals surface area contributed by atoms with Crippen LogP contribution in [0.4, 0.5) is 18.0 Å². The van der Waals surface area contributed by atoms with Crippen LogP contribution in [0.1, 0.15) is 31.4 Å². The van der Waals surface area contributed by atoms with Crippen LogP contribution < -0.4 is 5.32 Å². The standard InChI is InChI=1S/C32H39F3N4O8S/c1-19(2)15-39(48(43,44)21-8-9-25-23(13-21)24(29(41)37-25)14-36-18-32(33,34)35)16-27(40)26(12-20-6-4-3-5-7-20)38-31(42)47-28-17-46-30-22(28)10-11-45-30/h3-9,13-14,19,22,26-28,30,37,40-41H,10-12,15-18H2,1-2H3,(H,38,42)/t22?,26-,27+,28-,30?/m0/s1. The molecule has 0 saturated carbocycles. The summed E-state index contributed by atoms with van der Waals surface area (Å²) < 4.78 is 84.0. The van der Waals surface area contributed by atoms with Gasteiger partial charge in [-0.25, -0.2) is 13.2 Å². The zero-order chi connectivity index (χ0) is 34.6. The molecule has 1 aromatic heterocycles. The highest BCUT2D eigenvalue weighted by atomic mass is 32.2. The van der Waals surface area contributed by atoms with E-state index in [1.807, 2.05) is 18.2 Å². The molecular weight excluding hydrogens is 657 g/mol. The second kappa shape index (κ2) is 14.8. The zero-order valence-electron chi connectivity index (χ0n) is 26.4. The molecule has 1 amide bonds. The number of fused-ring (bicyclic) bond motifs is 2. The van der Waals surface area contributed by atoms with Crippen LogP contribution in [0.3, 0.4) is 0 Å². The third-order valence-electron chi connectivity index (χ3n) is 8.19. The molecule has 2 saturated heterocycles. The minimum Gasteiger partial charge on any atom is -0.494 e. The first-order chi connectivity index (χ1) is 22.7. The summed E-state index contributed by atoms with van der Waals surface area (Å²) in [6, 6.07) is 12.0. The van der Waals surface area contributed by atoms with E-state index in [4.69, 9.17) is 14.2 Å². The van der Waals surface area contributed by atoms with E-state index < -0.39 is 65.8 Å². The van der Waals surface area contributed by atoms with E-state index in [1.54, 1.807) is 26.0 Å². The highest BCUT2D eigenvalue weighted by molar-refractivity contribution is 7.89. The number of ether oxygens (including phenoxy) is 3. The maximum Gasteiger partial charge on any atom is 0.407 e. The number of hydrogen-bond donors (Lipinski definition) is 4. The quantitative estimate of drug-likeness (QED) is 0.195. The summed E-state index contributed by atoms with van der Waals surface area (Å²) >= 11 is 0. The Morgan fingerprint density at radius 3 is 2.65 bits per heavy atom. The minimum absolute atomic E-state index is 0.000695. The van der Waals surface area contributed by atoms with E-state index in [9.17, 15) is 36.6 Å². The SMILES string of the molecule is CC(C)CN(C[C@@H](O)[C@H](Cc1ccccc1)NC(=O)O[C@H]1COC2OCCC21)S(=O)(=O)c1ccc2[nH]c(O)c(C=NCC(F)(F)F)c2c1. The number of alkyl halides is 3. The number of benzene rings is 2. The van der Waals surface area contributed by atoms with Crippen molar-refractivity contribution < 1.29 is 50.8 Å². The molecule has 2 fully saturated rings. The molecule has 2 aromatic carbocycles. The van der Waals surface area contributed by atoms with E-state index >= 15 is 0 Å². The van der Waals surface area contributed by atoms with Gasteiger partial charge in [-0.15, -0.1) is 0 Å². The summed E-state index contributed by atoms with van der Waals surface area (Å²) in [5.74, 6) is -0.746. The van der Waals surface area contributed by atoms with Gasteiger partial charge < -0.3 is 34.7 Å². The lowest BCUT2D eigenvalue weighted by Gasteiger charge is -2.31. The monoisotopic (exact) mass is 696 g/mol. The molecular formula is C32H39F3N4O8S. The Kier molecular flexibility index (Phi) is 11.0. The Labute approximate surface area is 275 Å². The van der Waals surface area contributed by atoms with Gasteiger partial charge in [0.15, 0.2) is 12.2 Å². The van der Waals surface area contributed by atoms with Crippen LogP contribution >= 0.6 is 0 Å². The number of amides is 1. The van der Waals surface area contributed by atoms with Gasteiger partial charge >= 0.3 is 12.3 Å². The van der Waals surface area contributed by atoms with Gasteiger partial charge in [-0.2, -0.15) is 17.5 Å². The zero-order valence-corrected chi connectivity index (χ0v) is 27.2. The summed E-state index contributed by atoms with van der Waals surface area (Å²) in [4.78, 5) is 18.8. The molecule has 5 rings (SSSR count). The number of aliphatic imine (C=N–C) groups is 1. The van der Waals surface area contributed by atoms with Crippen molar-refractivity contribution in [1.82, 2.24) is 14.6 Å². The van der Waals surface area contributed by atoms with E-state index in [2.05, 4.69) is 15.3 Å². The molecule has 12 nitrogen and oxygen atoms in total. The van der Waals surface area contributed by atoms with Crippen LogP contribution in [-0.4, -0.2) is 104 Å². The average molecular weight is 697 g/mol. The molecule has 3 aromatic rings. The van der Waals surface area contributed by atoms with Gasteiger partial charge in [0.2, 0.25) is 10.0 Å². The number of nitrogens with zero attached hydrogens (tertiary/aromatic N) is 2. The molecule has 3 heterocycles. The number of alkyl carbamates (subject to hydrolysis) is 1. The predicted octanol–water partition coefficient (Wildman–Crippen LogP) is 3.96.